The van der Waals surface area contributed by atoms with Gasteiger partial charge < -0.3 is 10.1 Å². The summed E-state index contributed by atoms with van der Waals surface area (Å²) in [5.41, 5.74) is 1.79. The van der Waals surface area contributed by atoms with Crippen LogP contribution in [0, 0.1) is 12.7 Å². The molecular formula is C16H26FNO. The Morgan fingerprint density at radius 2 is 2.00 bits per heavy atom. The highest BCUT2D eigenvalue weighted by Gasteiger charge is 2.24. The molecule has 108 valence electrons. The van der Waals surface area contributed by atoms with Gasteiger partial charge in [0.1, 0.15) is 5.82 Å². The van der Waals surface area contributed by atoms with E-state index in [4.69, 9.17) is 4.74 Å². The summed E-state index contributed by atoms with van der Waals surface area (Å²) < 4.78 is 19.9. The molecule has 0 bridgehead atoms. The molecule has 0 saturated heterocycles. The molecule has 0 heterocycles. The maximum atomic E-state index is 14.1. The van der Waals surface area contributed by atoms with Gasteiger partial charge in [-0.05, 0) is 39.3 Å². The van der Waals surface area contributed by atoms with Gasteiger partial charge in [0.25, 0.3) is 0 Å². The fourth-order valence-corrected chi connectivity index (χ4v) is 2.31. The lowest BCUT2D eigenvalue weighted by Gasteiger charge is -2.28. The zero-order valence-electron chi connectivity index (χ0n) is 12.5. The van der Waals surface area contributed by atoms with Crippen molar-refractivity contribution in [1.29, 1.82) is 0 Å². The first-order valence-electron chi connectivity index (χ1n) is 7.25. The number of rotatable bonds is 8. The van der Waals surface area contributed by atoms with Crippen molar-refractivity contribution in [2.45, 2.75) is 52.7 Å². The molecule has 0 aliphatic carbocycles. The summed E-state index contributed by atoms with van der Waals surface area (Å²) >= 11 is 0. The Hall–Kier alpha value is -0.930. The molecule has 0 saturated carbocycles. The highest BCUT2D eigenvalue weighted by molar-refractivity contribution is 5.27. The van der Waals surface area contributed by atoms with Crippen LogP contribution in [0.3, 0.4) is 0 Å². The van der Waals surface area contributed by atoms with E-state index in [2.05, 4.69) is 19.2 Å². The molecule has 1 aromatic rings. The molecule has 0 aliphatic rings. The lowest BCUT2D eigenvalue weighted by atomic mass is 9.97. The van der Waals surface area contributed by atoms with E-state index in [0.29, 0.717) is 12.2 Å². The van der Waals surface area contributed by atoms with Crippen molar-refractivity contribution in [3.8, 4) is 0 Å². The Balaban J connectivity index is 3.03. The Morgan fingerprint density at radius 3 is 2.58 bits per heavy atom. The third-order valence-electron chi connectivity index (χ3n) is 3.26. The minimum atomic E-state index is -0.155. The minimum absolute atomic E-state index is 0.00727. The van der Waals surface area contributed by atoms with E-state index in [0.717, 1.165) is 24.9 Å². The van der Waals surface area contributed by atoms with E-state index in [1.807, 2.05) is 19.9 Å². The molecule has 2 nitrogen and oxygen atoms in total. The number of ether oxygens (including phenoxy) is 1. The summed E-state index contributed by atoms with van der Waals surface area (Å²) in [6.45, 7) is 9.67. The van der Waals surface area contributed by atoms with Crippen LogP contribution in [-0.2, 0) is 4.74 Å². The van der Waals surface area contributed by atoms with Crippen LogP contribution in [0.5, 0.6) is 0 Å². The van der Waals surface area contributed by atoms with Crippen molar-refractivity contribution in [1.82, 2.24) is 5.32 Å². The molecule has 1 aromatic carbocycles. The fourth-order valence-electron chi connectivity index (χ4n) is 2.31. The molecule has 1 rings (SSSR count). The van der Waals surface area contributed by atoms with Crippen LogP contribution in [0.1, 0.15) is 50.8 Å². The summed E-state index contributed by atoms with van der Waals surface area (Å²) in [6.07, 6.45) is 1.89. The van der Waals surface area contributed by atoms with Crippen LogP contribution >= 0.6 is 0 Å². The summed E-state index contributed by atoms with van der Waals surface area (Å²) in [7, 11) is 0. The summed E-state index contributed by atoms with van der Waals surface area (Å²) in [6, 6.07) is 5.19. The van der Waals surface area contributed by atoms with E-state index in [1.54, 1.807) is 12.1 Å². The molecule has 2 atom stereocenters. The number of halogens is 1. The summed E-state index contributed by atoms with van der Waals surface area (Å²) in [5.74, 6) is -0.155. The van der Waals surface area contributed by atoms with E-state index in [9.17, 15) is 4.39 Å². The van der Waals surface area contributed by atoms with Gasteiger partial charge in [0.15, 0.2) is 0 Å². The number of nitrogens with one attached hydrogen (secondary N) is 1. The first kappa shape index (κ1) is 16.1. The standard InChI is InChI=1S/C16H26FNO/c1-5-10-18-16(15(6-2)19-7-3)13-11-12(4)8-9-14(13)17/h8-9,11,15-16,18H,5-7,10H2,1-4H3. The van der Waals surface area contributed by atoms with Gasteiger partial charge in [0, 0.05) is 12.2 Å². The molecule has 1 N–H and O–H groups in total. The fraction of sp³-hybridized carbons (Fsp3) is 0.625. The maximum Gasteiger partial charge on any atom is 0.128 e. The zero-order chi connectivity index (χ0) is 14.3. The minimum Gasteiger partial charge on any atom is -0.377 e. The molecule has 0 fully saturated rings. The Morgan fingerprint density at radius 1 is 1.26 bits per heavy atom. The van der Waals surface area contributed by atoms with E-state index in [-0.39, 0.29) is 18.0 Å². The van der Waals surface area contributed by atoms with Gasteiger partial charge in [-0.3, -0.25) is 0 Å². The zero-order valence-corrected chi connectivity index (χ0v) is 12.5. The van der Waals surface area contributed by atoms with Crippen LogP contribution in [0.2, 0.25) is 0 Å². The molecule has 3 heteroatoms. The number of benzene rings is 1. The van der Waals surface area contributed by atoms with Crippen LogP contribution in [0.15, 0.2) is 18.2 Å². The highest BCUT2D eigenvalue weighted by atomic mass is 19.1. The van der Waals surface area contributed by atoms with Gasteiger partial charge in [0.05, 0.1) is 12.1 Å². The van der Waals surface area contributed by atoms with Crippen molar-refractivity contribution in [3.63, 3.8) is 0 Å². The van der Waals surface area contributed by atoms with Crippen LogP contribution < -0.4 is 5.32 Å². The highest BCUT2D eigenvalue weighted by Crippen LogP contribution is 2.25. The van der Waals surface area contributed by atoms with Gasteiger partial charge in [-0.1, -0.05) is 31.5 Å². The second kappa shape index (κ2) is 8.28. The lowest BCUT2D eigenvalue weighted by Crippen LogP contribution is -2.34. The predicted octanol–water partition coefficient (Wildman–Crippen LogP) is 3.99. The monoisotopic (exact) mass is 267 g/mol. The molecule has 0 aromatic heterocycles. The lowest BCUT2D eigenvalue weighted by molar-refractivity contribution is 0.0305. The number of aryl methyl sites for hydroxylation is 1. The van der Waals surface area contributed by atoms with E-state index < -0.39 is 0 Å². The van der Waals surface area contributed by atoms with Gasteiger partial charge >= 0.3 is 0 Å². The third kappa shape index (κ3) is 4.59. The summed E-state index contributed by atoms with van der Waals surface area (Å²) in [5, 5.41) is 3.42. The number of hydrogen-bond acceptors (Lipinski definition) is 2. The quantitative estimate of drug-likeness (QED) is 0.769. The molecule has 0 spiro atoms. The molecule has 2 unspecified atom stereocenters. The average Bonchev–Trinajstić information content (AvgIpc) is 2.41. The topological polar surface area (TPSA) is 21.3 Å². The maximum absolute atomic E-state index is 14.1. The molecule has 19 heavy (non-hydrogen) atoms. The SMILES string of the molecule is CCCNC(c1cc(C)ccc1F)C(CC)OCC. The number of hydrogen-bond donors (Lipinski definition) is 1. The van der Waals surface area contributed by atoms with Gasteiger partial charge in [-0.25, -0.2) is 4.39 Å². The van der Waals surface area contributed by atoms with Crippen molar-refractivity contribution in [2.75, 3.05) is 13.2 Å². The normalized spacial score (nSPS) is 14.4. The predicted molar refractivity (Wildman–Crippen MR) is 77.9 cm³/mol. The van der Waals surface area contributed by atoms with Crippen molar-refractivity contribution in [3.05, 3.63) is 35.1 Å². The Bertz CT molecular complexity index is 381. The van der Waals surface area contributed by atoms with Crippen molar-refractivity contribution < 1.29 is 9.13 Å². The molecule has 0 aliphatic heterocycles. The second-order valence-electron chi connectivity index (χ2n) is 4.86. The molecule has 0 radical (unpaired) electrons. The summed E-state index contributed by atoms with van der Waals surface area (Å²) in [4.78, 5) is 0. The smallest absolute Gasteiger partial charge is 0.128 e. The largest absolute Gasteiger partial charge is 0.377 e. The molecule has 0 amide bonds. The van der Waals surface area contributed by atoms with Crippen molar-refractivity contribution >= 4 is 0 Å². The Labute approximate surface area is 116 Å². The first-order valence-corrected chi connectivity index (χ1v) is 7.25. The van der Waals surface area contributed by atoms with Gasteiger partial charge in [-0.2, -0.15) is 0 Å². The van der Waals surface area contributed by atoms with E-state index >= 15 is 0 Å². The van der Waals surface area contributed by atoms with Gasteiger partial charge in [-0.15, -0.1) is 0 Å². The Kier molecular flexibility index (Phi) is 7.03. The van der Waals surface area contributed by atoms with Crippen molar-refractivity contribution in [2.24, 2.45) is 0 Å². The first-order chi connectivity index (χ1) is 9.13. The molecular weight excluding hydrogens is 241 g/mol. The van der Waals surface area contributed by atoms with Crippen LogP contribution in [0.4, 0.5) is 4.39 Å². The average molecular weight is 267 g/mol. The third-order valence-corrected chi connectivity index (χ3v) is 3.26. The van der Waals surface area contributed by atoms with E-state index in [1.165, 1.54) is 0 Å². The van der Waals surface area contributed by atoms with Crippen LogP contribution in [-0.4, -0.2) is 19.3 Å². The van der Waals surface area contributed by atoms with Crippen LogP contribution in [0.25, 0.3) is 0 Å². The second-order valence-corrected chi connectivity index (χ2v) is 4.86. The van der Waals surface area contributed by atoms with Gasteiger partial charge in [0.2, 0.25) is 0 Å².